The highest BCUT2D eigenvalue weighted by molar-refractivity contribution is 5.20. The van der Waals surface area contributed by atoms with Gasteiger partial charge in [0.25, 0.3) is 5.92 Å². The molecule has 0 aliphatic carbocycles. The Balaban J connectivity index is 1.88. The molecule has 0 aliphatic rings. The van der Waals surface area contributed by atoms with Crippen LogP contribution in [0.2, 0.25) is 0 Å². The van der Waals surface area contributed by atoms with Crippen molar-refractivity contribution >= 4 is 0 Å². The van der Waals surface area contributed by atoms with Gasteiger partial charge in [-0.1, -0.05) is 37.3 Å². The van der Waals surface area contributed by atoms with Gasteiger partial charge in [0.05, 0.1) is 19.3 Å². The van der Waals surface area contributed by atoms with Crippen LogP contribution in [0, 0.1) is 0 Å². The minimum atomic E-state index is -2.90. The monoisotopic (exact) mass is 266 g/mol. The smallest absolute Gasteiger partial charge is 0.285 e. The summed E-state index contributed by atoms with van der Waals surface area (Å²) in [6.45, 7) is 1.70. The van der Waals surface area contributed by atoms with Gasteiger partial charge in [-0.25, -0.2) is 4.98 Å². The van der Waals surface area contributed by atoms with Gasteiger partial charge in [-0.05, 0) is 0 Å². The van der Waals surface area contributed by atoms with E-state index in [2.05, 4.69) is 10.3 Å². The van der Waals surface area contributed by atoms with Gasteiger partial charge in [0, 0.05) is 12.0 Å². The maximum Gasteiger partial charge on any atom is 0.285 e. The van der Waals surface area contributed by atoms with Crippen LogP contribution < -0.4 is 5.32 Å². The molecule has 0 amide bonds. The molecule has 0 fully saturated rings. The van der Waals surface area contributed by atoms with Crippen molar-refractivity contribution < 1.29 is 13.2 Å². The van der Waals surface area contributed by atoms with Crippen LogP contribution in [0.25, 0.3) is 0 Å². The molecule has 0 unspecified atom stereocenters. The lowest BCUT2D eigenvalue weighted by molar-refractivity contribution is -0.00386. The molecule has 0 saturated carbocycles. The molecular formula is C14H16F2N2O. The van der Waals surface area contributed by atoms with E-state index in [1.54, 1.807) is 24.4 Å². The minimum Gasteiger partial charge on any atom is -0.444 e. The predicted octanol–water partition coefficient (Wildman–Crippen LogP) is 3.12. The number of aromatic nitrogens is 1. The number of alkyl halides is 2. The van der Waals surface area contributed by atoms with Crippen LogP contribution >= 0.6 is 0 Å². The molecule has 5 heteroatoms. The molecule has 0 aliphatic heterocycles. The normalized spacial score (nSPS) is 11.7. The molecule has 0 atom stereocenters. The molecule has 1 aromatic heterocycles. The number of oxazole rings is 1. The highest BCUT2D eigenvalue weighted by atomic mass is 19.3. The summed E-state index contributed by atoms with van der Waals surface area (Å²) in [4.78, 5) is 4.01. The molecule has 102 valence electrons. The summed E-state index contributed by atoms with van der Waals surface area (Å²) in [7, 11) is 0. The molecule has 3 nitrogen and oxygen atoms in total. The maximum absolute atomic E-state index is 13.8. The van der Waals surface area contributed by atoms with Crippen molar-refractivity contribution in [3.63, 3.8) is 0 Å². The maximum atomic E-state index is 13.8. The highest BCUT2D eigenvalue weighted by Crippen LogP contribution is 2.26. The predicted molar refractivity (Wildman–Crippen MR) is 67.9 cm³/mol. The van der Waals surface area contributed by atoms with Gasteiger partial charge in [0.2, 0.25) is 5.89 Å². The van der Waals surface area contributed by atoms with Crippen molar-refractivity contribution in [2.75, 3.05) is 6.54 Å². The number of benzene rings is 1. The van der Waals surface area contributed by atoms with Crippen LogP contribution in [0.4, 0.5) is 8.78 Å². The van der Waals surface area contributed by atoms with E-state index in [9.17, 15) is 8.78 Å². The average Bonchev–Trinajstić information content (AvgIpc) is 2.87. The van der Waals surface area contributed by atoms with Gasteiger partial charge >= 0.3 is 0 Å². The summed E-state index contributed by atoms with van der Waals surface area (Å²) in [5.41, 5.74) is 0.00384. The zero-order valence-electron chi connectivity index (χ0n) is 10.7. The topological polar surface area (TPSA) is 38.1 Å². The van der Waals surface area contributed by atoms with Crippen molar-refractivity contribution in [1.82, 2.24) is 10.3 Å². The Kier molecular flexibility index (Phi) is 4.27. The van der Waals surface area contributed by atoms with Crippen LogP contribution in [0.1, 0.15) is 24.1 Å². The Labute approximate surface area is 110 Å². The number of nitrogens with one attached hydrogen (secondary N) is 1. The van der Waals surface area contributed by atoms with Gasteiger partial charge in [0.1, 0.15) is 5.76 Å². The number of nitrogens with zero attached hydrogens (tertiary/aromatic N) is 1. The fraction of sp³-hybridized carbons (Fsp3) is 0.357. The molecular weight excluding hydrogens is 250 g/mol. The molecule has 0 saturated heterocycles. The zero-order chi connectivity index (χ0) is 13.7. The number of halogens is 2. The first-order chi connectivity index (χ1) is 9.12. The summed E-state index contributed by atoms with van der Waals surface area (Å²) >= 11 is 0. The lowest BCUT2D eigenvalue weighted by Gasteiger charge is -2.16. The summed E-state index contributed by atoms with van der Waals surface area (Å²) < 4.78 is 33.0. The lowest BCUT2D eigenvalue weighted by Crippen LogP contribution is -2.30. The third kappa shape index (κ3) is 3.61. The van der Waals surface area contributed by atoms with Crippen LogP contribution in [0.3, 0.4) is 0 Å². The molecule has 1 heterocycles. The second-order valence-electron chi connectivity index (χ2n) is 4.25. The van der Waals surface area contributed by atoms with Crippen molar-refractivity contribution in [2.45, 2.75) is 25.8 Å². The first kappa shape index (κ1) is 13.7. The SMILES string of the molecule is CCc1cnc(CNCC(F)(F)c2ccccc2)o1. The van der Waals surface area contributed by atoms with Gasteiger partial charge in [-0.2, -0.15) is 8.78 Å². The summed E-state index contributed by atoms with van der Waals surface area (Å²) in [5.74, 6) is -1.71. The van der Waals surface area contributed by atoms with Crippen LogP contribution in [0.5, 0.6) is 0 Å². The summed E-state index contributed by atoms with van der Waals surface area (Å²) in [5, 5.41) is 2.67. The number of aryl methyl sites for hydroxylation is 1. The zero-order valence-corrected chi connectivity index (χ0v) is 10.7. The van der Waals surface area contributed by atoms with Gasteiger partial charge in [-0.15, -0.1) is 0 Å². The molecule has 19 heavy (non-hydrogen) atoms. The summed E-state index contributed by atoms with van der Waals surface area (Å²) in [6.07, 6.45) is 2.36. The fourth-order valence-corrected chi connectivity index (χ4v) is 1.70. The number of rotatable bonds is 6. The molecule has 2 aromatic rings. The molecule has 1 N–H and O–H groups in total. The van der Waals surface area contributed by atoms with E-state index >= 15 is 0 Å². The van der Waals surface area contributed by atoms with E-state index in [1.807, 2.05) is 6.92 Å². The lowest BCUT2D eigenvalue weighted by atomic mass is 10.1. The van der Waals surface area contributed by atoms with Gasteiger partial charge in [0.15, 0.2) is 0 Å². The Morgan fingerprint density at radius 3 is 2.63 bits per heavy atom. The molecule has 2 rings (SSSR count). The second-order valence-corrected chi connectivity index (χ2v) is 4.25. The Morgan fingerprint density at radius 1 is 1.26 bits per heavy atom. The van der Waals surface area contributed by atoms with Crippen molar-refractivity contribution in [2.24, 2.45) is 0 Å². The second kappa shape index (κ2) is 5.93. The molecule has 0 radical (unpaired) electrons. The van der Waals surface area contributed by atoms with E-state index in [-0.39, 0.29) is 12.1 Å². The summed E-state index contributed by atoms with van der Waals surface area (Å²) in [6, 6.07) is 7.76. The largest absolute Gasteiger partial charge is 0.444 e. The van der Waals surface area contributed by atoms with E-state index in [1.165, 1.54) is 12.1 Å². The van der Waals surface area contributed by atoms with Crippen molar-refractivity contribution in [3.8, 4) is 0 Å². The van der Waals surface area contributed by atoms with E-state index < -0.39 is 12.5 Å². The highest BCUT2D eigenvalue weighted by Gasteiger charge is 2.30. The van der Waals surface area contributed by atoms with Crippen molar-refractivity contribution in [1.29, 1.82) is 0 Å². The minimum absolute atomic E-state index is 0.00384. The molecule has 1 aromatic carbocycles. The fourth-order valence-electron chi connectivity index (χ4n) is 1.70. The third-order valence-electron chi connectivity index (χ3n) is 2.77. The molecule has 0 spiro atoms. The Morgan fingerprint density at radius 2 is 2.00 bits per heavy atom. The van der Waals surface area contributed by atoms with Gasteiger partial charge < -0.3 is 9.73 Å². The van der Waals surface area contributed by atoms with Gasteiger partial charge in [-0.3, -0.25) is 0 Å². The van der Waals surface area contributed by atoms with E-state index in [0.29, 0.717) is 5.89 Å². The first-order valence-corrected chi connectivity index (χ1v) is 6.19. The third-order valence-corrected chi connectivity index (χ3v) is 2.77. The number of hydrogen-bond acceptors (Lipinski definition) is 3. The van der Waals surface area contributed by atoms with Crippen molar-refractivity contribution in [3.05, 3.63) is 53.7 Å². The first-order valence-electron chi connectivity index (χ1n) is 6.19. The quantitative estimate of drug-likeness (QED) is 0.873. The Hall–Kier alpha value is -1.75. The van der Waals surface area contributed by atoms with Crippen LogP contribution in [-0.2, 0) is 18.9 Å². The van der Waals surface area contributed by atoms with Crippen LogP contribution in [0.15, 0.2) is 40.9 Å². The standard InChI is InChI=1S/C14H16F2N2O/c1-2-12-8-18-13(19-12)9-17-10-14(15,16)11-6-4-3-5-7-11/h3-8,17H,2,9-10H2,1H3. The number of hydrogen-bond donors (Lipinski definition) is 1. The molecule has 0 bridgehead atoms. The van der Waals surface area contributed by atoms with Crippen LogP contribution in [-0.4, -0.2) is 11.5 Å². The van der Waals surface area contributed by atoms with E-state index in [4.69, 9.17) is 4.42 Å². The van der Waals surface area contributed by atoms with E-state index in [0.717, 1.165) is 12.2 Å². The Bertz CT molecular complexity index is 511. The average molecular weight is 266 g/mol.